The van der Waals surface area contributed by atoms with Gasteiger partial charge in [0.15, 0.2) is 0 Å². The highest BCUT2D eigenvalue weighted by Gasteiger charge is 2.07. The van der Waals surface area contributed by atoms with Crippen molar-refractivity contribution in [1.29, 1.82) is 0 Å². The molecule has 2 aromatic rings. The maximum atomic E-state index is 13.1. The van der Waals surface area contributed by atoms with Crippen LogP contribution in [0.15, 0.2) is 36.4 Å². The Morgan fingerprint density at radius 2 is 2.06 bits per heavy atom. The van der Waals surface area contributed by atoms with E-state index in [4.69, 9.17) is 22.1 Å². The zero-order valence-corrected chi connectivity index (χ0v) is 10.7. The molecule has 2 aromatic carbocycles. The van der Waals surface area contributed by atoms with Gasteiger partial charge in [0, 0.05) is 10.6 Å². The van der Waals surface area contributed by atoms with Crippen LogP contribution in [-0.2, 0) is 6.61 Å². The Morgan fingerprint density at radius 1 is 1.28 bits per heavy atom. The molecule has 0 unspecified atom stereocenters. The van der Waals surface area contributed by atoms with E-state index in [-0.39, 0.29) is 12.4 Å². The van der Waals surface area contributed by atoms with Crippen LogP contribution in [0.3, 0.4) is 0 Å². The van der Waals surface area contributed by atoms with E-state index in [9.17, 15) is 4.39 Å². The Labute approximate surface area is 110 Å². The van der Waals surface area contributed by atoms with Crippen molar-refractivity contribution in [2.45, 2.75) is 13.5 Å². The fourth-order valence-corrected chi connectivity index (χ4v) is 1.85. The second-order valence-electron chi connectivity index (χ2n) is 4.02. The molecule has 0 fully saturated rings. The summed E-state index contributed by atoms with van der Waals surface area (Å²) in [7, 11) is 0. The third-order valence-corrected chi connectivity index (χ3v) is 2.99. The number of halogens is 2. The summed E-state index contributed by atoms with van der Waals surface area (Å²) >= 11 is 5.96. The predicted octanol–water partition coefficient (Wildman–Crippen LogP) is 3.95. The molecule has 2 nitrogen and oxygen atoms in total. The average molecular weight is 266 g/mol. The maximum Gasteiger partial charge on any atom is 0.145 e. The number of para-hydroxylation sites is 1. The first-order valence-corrected chi connectivity index (χ1v) is 5.87. The first kappa shape index (κ1) is 12.7. The van der Waals surface area contributed by atoms with Crippen LogP contribution in [0.5, 0.6) is 5.75 Å². The molecule has 0 radical (unpaired) electrons. The number of ether oxygens (including phenoxy) is 1. The Kier molecular flexibility index (Phi) is 3.72. The zero-order valence-electron chi connectivity index (χ0n) is 9.91. The van der Waals surface area contributed by atoms with Gasteiger partial charge in [-0.1, -0.05) is 23.7 Å². The number of benzene rings is 2. The molecule has 0 aliphatic heterocycles. The standard InChI is InChI=1S/C14H13ClFNO/c1-9-3-2-4-13(17)14(9)18-8-10-7-11(16)5-6-12(10)15/h2-7H,8,17H2,1H3. The second kappa shape index (κ2) is 5.27. The molecule has 0 bridgehead atoms. The summed E-state index contributed by atoms with van der Waals surface area (Å²) in [6, 6.07) is 9.70. The van der Waals surface area contributed by atoms with Gasteiger partial charge in [-0.3, -0.25) is 0 Å². The van der Waals surface area contributed by atoms with Gasteiger partial charge in [0.1, 0.15) is 18.2 Å². The van der Waals surface area contributed by atoms with E-state index in [0.717, 1.165) is 5.56 Å². The molecular formula is C14H13ClFNO. The molecule has 2 rings (SSSR count). The molecule has 0 amide bonds. The van der Waals surface area contributed by atoms with Crippen LogP contribution in [0.25, 0.3) is 0 Å². The van der Waals surface area contributed by atoms with Gasteiger partial charge in [0.25, 0.3) is 0 Å². The highest BCUT2D eigenvalue weighted by Crippen LogP contribution is 2.27. The normalized spacial score (nSPS) is 10.4. The zero-order chi connectivity index (χ0) is 13.1. The summed E-state index contributed by atoms with van der Waals surface area (Å²) in [6.45, 7) is 2.09. The van der Waals surface area contributed by atoms with E-state index in [1.807, 2.05) is 19.1 Å². The van der Waals surface area contributed by atoms with Crippen molar-refractivity contribution in [3.8, 4) is 5.75 Å². The molecule has 0 atom stereocenters. The summed E-state index contributed by atoms with van der Waals surface area (Å²) in [4.78, 5) is 0. The Hall–Kier alpha value is -1.74. The van der Waals surface area contributed by atoms with Crippen molar-refractivity contribution in [3.63, 3.8) is 0 Å². The highest BCUT2D eigenvalue weighted by molar-refractivity contribution is 6.31. The Balaban J connectivity index is 2.19. The summed E-state index contributed by atoms with van der Waals surface area (Å²) in [5.41, 5.74) is 7.91. The van der Waals surface area contributed by atoms with Crippen LogP contribution in [0.1, 0.15) is 11.1 Å². The molecule has 0 saturated heterocycles. The van der Waals surface area contributed by atoms with Crippen LogP contribution in [0.4, 0.5) is 10.1 Å². The van der Waals surface area contributed by atoms with Gasteiger partial charge in [-0.15, -0.1) is 0 Å². The van der Waals surface area contributed by atoms with Crippen molar-refractivity contribution in [2.75, 3.05) is 5.73 Å². The third-order valence-electron chi connectivity index (χ3n) is 2.62. The van der Waals surface area contributed by atoms with E-state index in [1.54, 1.807) is 6.07 Å². The second-order valence-corrected chi connectivity index (χ2v) is 4.42. The molecule has 0 aliphatic carbocycles. The first-order valence-electron chi connectivity index (χ1n) is 5.50. The molecule has 94 valence electrons. The van der Waals surface area contributed by atoms with Gasteiger partial charge in [0.05, 0.1) is 5.69 Å². The van der Waals surface area contributed by atoms with Crippen molar-refractivity contribution < 1.29 is 9.13 Å². The lowest BCUT2D eigenvalue weighted by Crippen LogP contribution is -2.01. The van der Waals surface area contributed by atoms with Gasteiger partial charge in [-0.2, -0.15) is 0 Å². The lowest BCUT2D eigenvalue weighted by atomic mass is 10.2. The Bertz CT molecular complexity index is 551. The smallest absolute Gasteiger partial charge is 0.145 e. The van der Waals surface area contributed by atoms with Crippen LogP contribution >= 0.6 is 11.6 Å². The maximum absolute atomic E-state index is 13.1. The van der Waals surface area contributed by atoms with E-state index in [1.165, 1.54) is 18.2 Å². The molecule has 0 saturated carbocycles. The van der Waals surface area contributed by atoms with Crippen LogP contribution in [0, 0.1) is 12.7 Å². The van der Waals surface area contributed by atoms with E-state index in [2.05, 4.69) is 0 Å². The minimum atomic E-state index is -0.337. The Morgan fingerprint density at radius 3 is 2.78 bits per heavy atom. The number of anilines is 1. The van der Waals surface area contributed by atoms with Gasteiger partial charge in [-0.25, -0.2) is 4.39 Å². The lowest BCUT2D eigenvalue weighted by Gasteiger charge is -2.12. The van der Waals surface area contributed by atoms with Gasteiger partial charge in [-0.05, 0) is 36.8 Å². The fraction of sp³-hybridized carbons (Fsp3) is 0.143. The molecule has 18 heavy (non-hydrogen) atoms. The van der Waals surface area contributed by atoms with E-state index < -0.39 is 0 Å². The summed E-state index contributed by atoms with van der Waals surface area (Å²) < 4.78 is 18.7. The monoisotopic (exact) mass is 265 g/mol. The molecule has 0 heterocycles. The van der Waals surface area contributed by atoms with Crippen LogP contribution in [0.2, 0.25) is 5.02 Å². The van der Waals surface area contributed by atoms with Crippen molar-refractivity contribution in [3.05, 3.63) is 58.4 Å². The molecule has 0 aliphatic rings. The van der Waals surface area contributed by atoms with E-state index in [0.29, 0.717) is 22.0 Å². The summed E-state index contributed by atoms with van der Waals surface area (Å²) in [5, 5.41) is 0.476. The van der Waals surface area contributed by atoms with E-state index >= 15 is 0 Å². The number of nitrogen functional groups attached to an aromatic ring is 1. The average Bonchev–Trinajstić information content (AvgIpc) is 2.33. The third kappa shape index (κ3) is 2.74. The molecule has 4 heteroatoms. The molecular weight excluding hydrogens is 253 g/mol. The number of rotatable bonds is 3. The predicted molar refractivity (Wildman–Crippen MR) is 71.3 cm³/mol. The number of aryl methyl sites for hydroxylation is 1. The number of hydrogen-bond acceptors (Lipinski definition) is 2. The summed E-state index contributed by atoms with van der Waals surface area (Å²) in [5.74, 6) is 0.272. The minimum Gasteiger partial charge on any atom is -0.486 e. The molecule has 2 N–H and O–H groups in total. The topological polar surface area (TPSA) is 35.2 Å². The van der Waals surface area contributed by atoms with Crippen molar-refractivity contribution in [2.24, 2.45) is 0 Å². The lowest BCUT2D eigenvalue weighted by molar-refractivity contribution is 0.305. The van der Waals surface area contributed by atoms with Gasteiger partial charge in [0.2, 0.25) is 0 Å². The van der Waals surface area contributed by atoms with Crippen molar-refractivity contribution in [1.82, 2.24) is 0 Å². The van der Waals surface area contributed by atoms with Crippen molar-refractivity contribution >= 4 is 17.3 Å². The SMILES string of the molecule is Cc1cccc(N)c1OCc1cc(F)ccc1Cl. The largest absolute Gasteiger partial charge is 0.486 e. The van der Waals surface area contributed by atoms with Gasteiger partial charge < -0.3 is 10.5 Å². The number of hydrogen-bond donors (Lipinski definition) is 1. The quantitative estimate of drug-likeness (QED) is 0.853. The molecule has 0 aromatic heterocycles. The first-order chi connectivity index (χ1) is 8.58. The summed E-state index contributed by atoms with van der Waals surface area (Å²) in [6.07, 6.45) is 0. The molecule has 0 spiro atoms. The number of nitrogens with two attached hydrogens (primary N) is 1. The minimum absolute atomic E-state index is 0.186. The van der Waals surface area contributed by atoms with Crippen LogP contribution in [-0.4, -0.2) is 0 Å². The fourth-order valence-electron chi connectivity index (χ4n) is 1.68. The highest BCUT2D eigenvalue weighted by atomic mass is 35.5. The van der Waals surface area contributed by atoms with Gasteiger partial charge >= 0.3 is 0 Å². The van der Waals surface area contributed by atoms with Crippen LogP contribution < -0.4 is 10.5 Å².